The monoisotopic (exact) mass is 829 g/mol. The topological polar surface area (TPSA) is 51.6 Å². The molecule has 8 aromatic rings. The van der Waals surface area contributed by atoms with Gasteiger partial charge in [0.25, 0.3) is 0 Å². The zero-order valence-corrected chi connectivity index (χ0v) is 27.9. The minimum atomic E-state index is -0.309. The predicted octanol–water partition coefficient (Wildman–Crippen LogP) is 10.5. The SMILES string of the molecule is Fc1ccc(-c2nc3ccccc3nc2-c2ccc(F)cc2)cc1.Fc1ccc(-c2nc3ccccc3nc2-c2ccc(F)cc2)cc1.[Ir+3]. The van der Waals surface area contributed by atoms with Crippen molar-refractivity contribution in [2.75, 3.05) is 0 Å². The second-order valence-electron chi connectivity index (χ2n) is 10.8. The average molecular weight is 829 g/mol. The van der Waals surface area contributed by atoms with Gasteiger partial charge in [-0.3, -0.25) is 0 Å². The van der Waals surface area contributed by atoms with Gasteiger partial charge in [-0.1, -0.05) is 24.3 Å². The molecule has 2 aromatic heterocycles. The van der Waals surface area contributed by atoms with E-state index in [1.165, 1.54) is 48.5 Å². The van der Waals surface area contributed by atoms with Crippen LogP contribution in [-0.2, 0) is 20.1 Å². The van der Waals surface area contributed by atoms with Crippen molar-refractivity contribution in [2.24, 2.45) is 0 Å². The molecule has 9 heteroatoms. The Bertz CT molecular complexity index is 2030. The Morgan fingerprint density at radius 1 is 0.265 bits per heavy atom. The van der Waals surface area contributed by atoms with Crippen LogP contribution in [0.2, 0.25) is 0 Å². The van der Waals surface area contributed by atoms with Crippen LogP contribution in [0.1, 0.15) is 0 Å². The van der Waals surface area contributed by atoms with E-state index in [4.69, 9.17) is 19.9 Å². The van der Waals surface area contributed by atoms with Gasteiger partial charge >= 0.3 is 20.1 Å². The van der Waals surface area contributed by atoms with Crippen LogP contribution in [0.3, 0.4) is 0 Å². The molecule has 0 bridgehead atoms. The maximum atomic E-state index is 13.2. The molecule has 2 heterocycles. The smallest absolute Gasteiger partial charge is 0.244 e. The summed E-state index contributed by atoms with van der Waals surface area (Å²) in [5.74, 6) is -1.24. The maximum Gasteiger partial charge on any atom is 3.00 e. The Hall–Kier alpha value is -5.63. The van der Waals surface area contributed by atoms with Gasteiger partial charge in [0.1, 0.15) is 23.3 Å². The summed E-state index contributed by atoms with van der Waals surface area (Å²) < 4.78 is 53.0. The second kappa shape index (κ2) is 14.6. The third-order valence-electron chi connectivity index (χ3n) is 7.61. The Kier molecular flexibility index (Phi) is 9.94. The Morgan fingerprint density at radius 3 is 0.633 bits per heavy atom. The molecule has 49 heavy (non-hydrogen) atoms. The van der Waals surface area contributed by atoms with Crippen molar-refractivity contribution in [3.63, 3.8) is 0 Å². The molecule has 0 spiro atoms. The van der Waals surface area contributed by atoms with Crippen LogP contribution in [0.5, 0.6) is 0 Å². The molecule has 0 radical (unpaired) electrons. The summed E-state index contributed by atoms with van der Waals surface area (Å²) in [6.45, 7) is 0. The molecule has 0 unspecified atom stereocenters. The van der Waals surface area contributed by atoms with Gasteiger partial charge in [-0.05, 0) is 121 Å². The van der Waals surface area contributed by atoms with Crippen LogP contribution in [0.25, 0.3) is 67.1 Å². The maximum absolute atomic E-state index is 13.2. The fourth-order valence-corrected chi connectivity index (χ4v) is 5.24. The molecule has 0 saturated carbocycles. The molecule has 0 fully saturated rings. The molecule has 0 aliphatic heterocycles. The van der Waals surface area contributed by atoms with E-state index < -0.39 is 0 Å². The van der Waals surface area contributed by atoms with Crippen LogP contribution in [0.4, 0.5) is 17.6 Å². The Morgan fingerprint density at radius 2 is 0.449 bits per heavy atom. The van der Waals surface area contributed by atoms with Crippen molar-refractivity contribution in [1.29, 1.82) is 0 Å². The minimum Gasteiger partial charge on any atom is -0.244 e. The summed E-state index contributed by atoms with van der Waals surface area (Å²) in [5, 5.41) is 0. The number of aromatic nitrogens is 4. The average Bonchev–Trinajstić information content (AvgIpc) is 3.12. The Labute approximate surface area is 292 Å². The summed E-state index contributed by atoms with van der Waals surface area (Å²) in [6, 6.07) is 39.5. The molecule has 0 aliphatic carbocycles. The fourth-order valence-electron chi connectivity index (χ4n) is 5.24. The summed E-state index contributed by atoms with van der Waals surface area (Å²) in [7, 11) is 0. The number of fused-ring (bicyclic) bond motifs is 2. The van der Waals surface area contributed by atoms with Gasteiger partial charge in [-0.25, -0.2) is 37.5 Å². The molecule has 4 nitrogen and oxygen atoms in total. The van der Waals surface area contributed by atoms with Gasteiger partial charge in [-0.2, -0.15) is 0 Å². The molecule has 6 aromatic carbocycles. The van der Waals surface area contributed by atoms with Crippen LogP contribution >= 0.6 is 0 Å². The standard InChI is InChI=1S/2C20H12F2N2.Ir/c2*21-15-9-5-13(6-10-15)19-20(14-7-11-16(22)12-8-14)24-18-4-2-1-3-17(18)23-19;/h2*1-12H;/q;;+3. The van der Waals surface area contributed by atoms with Crippen LogP contribution < -0.4 is 0 Å². The Balaban J connectivity index is 0.000000167. The number of rotatable bonds is 4. The van der Waals surface area contributed by atoms with Crippen LogP contribution in [0.15, 0.2) is 146 Å². The number of nitrogens with zero attached hydrogens (tertiary/aromatic N) is 4. The predicted molar refractivity (Wildman–Crippen MR) is 181 cm³/mol. The van der Waals surface area contributed by atoms with E-state index in [0.717, 1.165) is 44.3 Å². The third kappa shape index (κ3) is 7.43. The van der Waals surface area contributed by atoms with E-state index in [2.05, 4.69) is 0 Å². The summed E-state index contributed by atoms with van der Waals surface area (Å²) >= 11 is 0. The quantitative estimate of drug-likeness (QED) is 0.166. The summed E-state index contributed by atoms with van der Waals surface area (Å²) in [4.78, 5) is 18.8. The van der Waals surface area contributed by atoms with Gasteiger partial charge in [-0.15, -0.1) is 0 Å². The van der Waals surface area contributed by atoms with Gasteiger partial charge < -0.3 is 0 Å². The van der Waals surface area contributed by atoms with Crippen molar-refractivity contribution in [2.45, 2.75) is 0 Å². The second-order valence-corrected chi connectivity index (χ2v) is 10.8. The van der Waals surface area contributed by atoms with Crippen LogP contribution in [-0.4, -0.2) is 19.9 Å². The molecule has 0 atom stereocenters. The first-order valence-corrected chi connectivity index (χ1v) is 15.0. The zero-order valence-electron chi connectivity index (χ0n) is 25.5. The number of hydrogen-bond donors (Lipinski definition) is 0. The third-order valence-corrected chi connectivity index (χ3v) is 7.61. The first-order valence-electron chi connectivity index (χ1n) is 15.0. The van der Waals surface area contributed by atoms with Gasteiger partial charge in [0.05, 0.1) is 44.8 Å². The molecule has 8 rings (SSSR count). The van der Waals surface area contributed by atoms with Gasteiger partial charge in [0.15, 0.2) is 0 Å². The van der Waals surface area contributed by atoms with Gasteiger partial charge in [0.2, 0.25) is 0 Å². The van der Waals surface area contributed by atoms with Crippen molar-refractivity contribution < 1.29 is 37.7 Å². The first-order chi connectivity index (χ1) is 23.4. The van der Waals surface area contributed by atoms with Crippen molar-refractivity contribution in [1.82, 2.24) is 19.9 Å². The van der Waals surface area contributed by atoms with Crippen molar-refractivity contribution in [3.8, 4) is 45.0 Å². The minimum absolute atomic E-state index is 0. The normalized spacial score (nSPS) is 10.7. The molecule has 238 valence electrons. The number of benzene rings is 6. The van der Waals surface area contributed by atoms with Crippen molar-refractivity contribution in [3.05, 3.63) is 169 Å². The molecule has 0 saturated heterocycles. The molecule has 0 aliphatic rings. The van der Waals surface area contributed by atoms with E-state index in [1.54, 1.807) is 48.5 Å². The largest absolute Gasteiger partial charge is 3.00 e. The number of para-hydroxylation sites is 4. The first kappa shape index (κ1) is 33.3. The summed E-state index contributed by atoms with van der Waals surface area (Å²) in [5.41, 5.74) is 8.60. The zero-order chi connectivity index (χ0) is 33.0. The fraction of sp³-hybridized carbons (Fsp3) is 0. The van der Waals surface area contributed by atoms with Crippen molar-refractivity contribution >= 4 is 22.1 Å². The van der Waals surface area contributed by atoms with Crippen LogP contribution in [0, 0.1) is 23.3 Å². The van der Waals surface area contributed by atoms with E-state index in [1.807, 2.05) is 48.5 Å². The van der Waals surface area contributed by atoms with E-state index in [0.29, 0.717) is 22.8 Å². The number of hydrogen-bond acceptors (Lipinski definition) is 4. The van der Waals surface area contributed by atoms with Gasteiger partial charge in [0, 0.05) is 22.3 Å². The number of halogens is 4. The molecule has 0 amide bonds. The molecular formula is C40H24F4IrN4+3. The molecular weight excluding hydrogens is 805 g/mol. The van der Waals surface area contributed by atoms with E-state index >= 15 is 0 Å². The van der Waals surface area contributed by atoms with E-state index in [9.17, 15) is 17.6 Å². The van der Waals surface area contributed by atoms with E-state index in [-0.39, 0.29) is 43.4 Å². The summed E-state index contributed by atoms with van der Waals surface area (Å²) in [6.07, 6.45) is 0. The molecule has 0 N–H and O–H groups in total.